The summed E-state index contributed by atoms with van der Waals surface area (Å²) in [5, 5.41) is 6.18. The third-order valence-corrected chi connectivity index (χ3v) is 5.78. The predicted molar refractivity (Wildman–Crippen MR) is 110 cm³/mol. The van der Waals surface area contributed by atoms with Gasteiger partial charge >= 0.3 is 0 Å². The third-order valence-electron chi connectivity index (χ3n) is 5.78. The van der Waals surface area contributed by atoms with Crippen molar-refractivity contribution in [2.45, 2.75) is 39.2 Å². The van der Waals surface area contributed by atoms with Crippen LogP contribution >= 0.6 is 0 Å². The lowest BCUT2D eigenvalue weighted by Crippen LogP contribution is -2.42. The van der Waals surface area contributed by atoms with E-state index in [1.54, 1.807) is 7.11 Å². The fourth-order valence-corrected chi connectivity index (χ4v) is 4.05. The summed E-state index contributed by atoms with van der Waals surface area (Å²) in [6.07, 6.45) is 5.36. The number of amides is 1. The largest absolute Gasteiger partial charge is 0.493 e. The van der Waals surface area contributed by atoms with Crippen LogP contribution in [0.1, 0.15) is 38.2 Å². The van der Waals surface area contributed by atoms with Gasteiger partial charge in [0.25, 0.3) is 5.91 Å². The van der Waals surface area contributed by atoms with Crippen LogP contribution in [-0.4, -0.2) is 57.2 Å². The molecule has 1 aromatic carbocycles. The van der Waals surface area contributed by atoms with Crippen LogP contribution in [0.4, 0.5) is 0 Å². The summed E-state index contributed by atoms with van der Waals surface area (Å²) in [5.41, 5.74) is 1.62. The Labute approximate surface area is 167 Å². The van der Waals surface area contributed by atoms with E-state index in [0.717, 1.165) is 24.6 Å². The fourth-order valence-electron chi connectivity index (χ4n) is 4.05. The van der Waals surface area contributed by atoms with Crippen molar-refractivity contribution in [1.82, 2.24) is 15.5 Å². The molecule has 154 valence electrons. The van der Waals surface area contributed by atoms with Gasteiger partial charge in [0.1, 0.15) is 0 Å². The average molecular weight is 389 g/mol. The third kappa shape index (κ3) is 4.69. The number of ether oxygens (including phenoxy) is 2. The zero-order chi connectivity index (χ0) is 20.0. The number of methoxy groups -OCH3 is 1. The van der Waals surface area contributed by atoms with Gasteiger partial charge in [0, 0.05) is 33.2 Å². The molecular weight excluding hydrogens is 356 g/mol. The van der Waals surface area contributed by atoms with Gasteiger partial charge in [-0.05, 0) is 49.3 Å². The number of guanidine groups is 1. The molecule has 7 nitrogen and oxygen atoms in total. The van der Waals surface area contributed by atoms with Gasteiger partial charge in [0.05, 0.1) is 7.11 Å². The van der Waals surface area contributed by atoms with Gasteiger partial charge in [0.2, 0.25) is 0 Å². The quantitative estimate of drug-likeness (QED) is 0.553. The summed E-state index contributed by atoms with van der Waals surface area (Å²) < 4.78 is 11.0. The summed E-state index contributed by atoms with van der Waals surface area (Å²) in [4.78, 5) is 18.4. The van der Waals surface area contributed by atoms with Crippen molar-refractivity contribution in [2.24, 2.45) is 10.4 Å². The second-order valence-corrected chi connectivity index (χ2v) is 7.65. The molecule has 2 fully saturated rings. The molecule has 1 aliphatic heterocycles. The van der Waals surface area contributed by atoms with E-state index in [-0.39, 0.29) is 12.5 Å². The second kappa shape index (κ2) is 9.17. The SMILES string of the molecule is CCNC(=O)COc1ccc(CNC(=NC)N2CCC3(CCC3)C2)cc1OC. The van der Waals surface area contributed by atoms with Gasteiger partial charge < -0.3 is 25.0 Å². The summed E-state index contributed by atoms with van der Waals surface area (Å²) in [5.74, 6) is 2.00. The molecule has 0 atom stereocenters. The average Bonchev–Trinajstić information content (AvgIpc) is 3.13. The van der Waals surface area contributed by atoms with E-state index >= 15 is 0 Å². The Hall–Kier alpha value is -2.44. The molecule has 1 saturated heterocycles. The number of carbonyl (C=O) groups is 1. The molecule has 1 aliphatic carbocycles. The lowest BCUT2D eigenvalue weighted by molar-refractivity contribution is -0.123. The highest BCUT2D eigenvalue weighted by molar-refractivity contribution is 5.80. The standard InChI is InChI=1S/C21H32N4O3/c1-4-23-19(26)14-28-17-7-6-16(12-18(17)27-3)13-24-20(22-2)25-11-10-21(15-25)8-5-9-21/h6-7,12H,4-5,8-11,13-15H2,1-3H3,(H,22,24)(H,23,26). The van der Waals surface area contributed by atoms with Crippen LogP contribution < -0.4 is 20.1 Å². The Bertz CT molecular complexity index is 716. The number of nitrogens with zero attached hydrogens (tertiary/aromatic N) is 2. The molecule has 1 amide bonds. The van der Waals surface area contributed by atoms with E-state index in [1.807, 2.05) is 32.2 Å². The summed E-state index contributed by atoms with van der Waals surface area (Å²) in [6, 6.07) is 5.76. The zero-order valence-electron chi connectivity index (χ0n) is 17.2. The molecular formula is C21H32N4O3. The molecule has 0 bridgehead atoms. The number of likely N-dealkylation sites (tertiary alicyclic amines) is 1. The minimum atomic E-state index is -0.144. The van der Waals surface area contributed by atoms with Crippen molar-refractivity contribution >= 4 is 11.9 Å². The van der Waals surface area contributed by atoms with Crippen LogP contribution in [0.5, 0.6) is 11.5 Å². The summed E-state index contributed by atoms with van der Waals surface area (Å²) >= 11 is 0. The topological polar surface area (TPSA) is 75.2 Å². The van der Waals surface area contributed by atoms with E-state index in [0.29, 0.717) is 30.0 Å². The van der Waals surface area contributed by atoms with Crippen LogP contribution in [0.2, 0.25) is 0 Å². The molecule has 1 saturated carbocycles. The molecule has 1 spiro atoms. The predicted octanol–water partition coefficient (Wildman–Crippen LogP) is 2.16. The van der Waals surface area contributed by atoms with Crippen LogP contribution in [0, 0.1) is 5.41 Å². The number of carbonyl (C=O) groups excluding carboxylic acids is 1. The lowest BCUT2D eigenvalue weighted by atomic mass is 9.68. The first kappa shape index (κ1) is 20.3. The van der Waals surface area contributed by atoms with Gasteiger partial charge in [-0.2, -0.15) is 0 Å². The number of hydrogen-bond acceptors (Lipinski definition) is 4. The number of likely N-dealkylation sites (N-methyl/N-ethyl adjacent to an activating group) is 1. The maximum Gasteiger partial charge on any atom is 0.257 e. The first-order valence-electron chi connectivity index (χ1n) is 10.1. The maximum absolute atomic E-state index is 11.6. The van der Waals surface area contributed by atoms with Crippen LogP contribution in [0.25, 0.3) is 0 Å². The van der Waals surface area contributed by atoms with E-state index in [1.165, 1.54) is 25.7 Å². The highest BCUT2D eigenvalue weighted by atomic mass is 16.5. The van der Waals surface area contributed by atoms with E-state index in [9.17, 15) is 4.79 Å². The zero-order valence-corrected chi connectivity index (χ0v) is 17.2. The first-order chi connectivity index (χ1) is 13.6. The molecule has 0 unspecified atom stereocenters. The van der Waals surface area contributed by atoms with Crippen molar-refractivity contribution in [3.05, 3.63) is 23.8 Å². The molecule has 2 aliphatic rings. The van der Waals surface area contributed by atoms with Gasteiger partial charge in [-0.3, -0.25) is 9.79 Å². The van der Waals surface area contributed by atoms with Gasteiger partial charge in [-0.1, -0.05) is 12.5 Å². The Morgan fingerprint density at radius 2 is 2.07 bits per heavy atom. The molecule has 3 rings (SSSR count). The Morgan fingerprint density at radius 3 is 2.68 bits per heavy atom. The van der Waals surface area contributed by atoms with Crippen molar-refractivity contribution in [3.8, 4) is 11.5 Å². The molecule has 0 radical (unpaired) electrons. The second-order valence-electron chi connectivity index (χ2n) is 7.65. The van der Waals surface area contributed by atoms with Gasteiger partial charge in [0.15, 0.2) is 24.1 Å². The minimum Gasteiger partial charge on any atom is -0.493 e. The molecule has 1 heterocycles. The van der Waals surface area contributed by atoms with E-state index in [4.69, 9.17) is 9.47 Å². The monoisotopic (exact) mass is 388 g/mol. The molecule has 7 heteroatoms. The molecule has 2 N–H and O–H groups in total. The van der Waals surface area contributed by atoms with Crippen LogP contribution in [0.15, 0.2) is 23.2 Å². The highest BCUT2D eigenvalue weighted by Crippen LogP contribution is 2.47. The van der Waals surface area contributed by atoms with Crippen molar-refractivity contribution in [2.75, 3.05) is 40.4 Å². The summed E-state index contributed by atoms with van der Waals surface area (Å²) in [6.45, 7) is 5.29. The number of benzene rings is 1. The van der Waals surface area contributed by atoms with Crippen LogP contribution in [0.3, 0.4) is 0 Å². The van der Waals surface area contributed by atoms with Crippen molar-refractivity contribution < 1.29 is 14.3 Å². The molecule has 0 aromatic heterocycles. The number of nitrogens with one attached hydrogen (secondary N) is 2. The highest BCUT2D eigenvalue weighted by Gasteiger charge is 2.43. The number of rotatable bonds is 7. The smallest absolute Gasteiger partial charge is 0.257 e. The minimum absolute atomic E-state index is 0.0227. The Kier molecular flexibility index (Phi) is 6.65. The van der Waals surface area contributed by atoms with Gasteiger partial charge in [-0.25, -0.2) is 0 Å². The normalized spacial score (nSPS) is 18.0. The number of aliphatic imine (C=N–C) groups is 1. The molecule has 28 heavy (non-hydrogen) atoms. The van der Waals surface area contributed by atoms with Crippen LogP contribution in [-0.2, 0) is 11.3 Å². The maximum atomic E-state index is 11.6. The van der Waals surface area contributed by atoms with Crippen molar-refractivity contribution in [3.63, 3.8) is 0 Å². The van der Waals surface area contributed by atoms with Crippen molar-refractivity contribution in [1.29, 1.82) is 0 Å². The first-order valence-corrected chi connectivity index (χ1v) is 10.1. The fraction of sp³-hybridized carbons (Fsp3) is 0.619. The Morgan fingerprint density at radius 1 is 1.25 bits per heavy atom. The summed E-state index contributed by atoms with van der Waals surface area (Å²) in [7, 11) is 3.44. The van der Waals surface area contributed by atoms with E-state index in [2.05, 4.69) is 20.5 Å². The number of hydrogen-bond donors (Lipinski definition) is 2. The van der Waals surface area contributed by atoms with E-state index < -0.39 is 0 Å². The lowest BCUT2D eigenvalue weighted by Gasteiger charge is -2.38. The van der Waals surface area contributed by atoms with Gasteiger partial charge in [-0.15, -0.1) is 0 Å². The molecule has 1 aromatic rings. The Balaban J connectivity index is 1.55.